The number of rotatable bonds is 5. The van der Waals surface area contributed by atoms with Gasteiger partial charge in [-0.1, -0.05) is 24.8 Å². The topological polar surface area (TPSA) is 63.2 Å². The van der Waals surface area contributed by atoms with Gasteiger partial charge < -0.3 is 23.7 Å². The van der Waals surface area contributed by atoms with Gasteiger partial charge in [-0.3, -0.25) is 0 Å². The van der Waals surface area contributed by atoms with Crippen molar-refractivity contribution in [3.63, 3.8) is 0 Å². The van der Waals surface area contributed by atoms with Gasteiger partial charge in [-0.25, -0.2) is 4.79 Å². The van der Waals surface area contributed by atoms with Crippen LogP contribution in [0.4, 0.5) is 0 Å². The summed E-state index contributed by atoms with van der Waals surface area (Å²) in [6.45, 7) is 7.25. The highest BCUT2D eigenvalue weighted by Gasteiger charge is 2.17. The Bertz CT molecular complexity index is 1030. The fourth-order valence-electron chi connectivity index (χ4n) is 3.18. The lowest BCUT2D eigenvalue weighted by Gasteiger charge is -2.21. The average molecular weight is 406 g/mol. The quantitative estimate of drug-likeness (QED) is 0.316. The first-order valence-electron chi connectivity index (χ1n) is 9.66. The summed E-state index contributed by atoms with van der Waals surface area (Å²) in [6.07, 6.45) is 6.94. The second-order valence-electron chi connectivity index (χ2n) is 6.79. The number of esters is 1. The number of allylic oxidation sites excluding steroid dienone is 1. The van der Waals surface area contributed by atoms with Gasteiger partial charge in [0.2, 0.25) is 0 Å². The molecule has 0 aromatic heterocycles. The van der Waals surface area contributed by atoms with Crippen molar-refractivity contribution in [1.82, 2.24) is 0 Å². The Hall–Kier alpha value is -3.67. The molecule has 0 unspecified atom stereocenters. The van der Waals surface area contributed by atoms with E-state index in [1.807, 2.05) is 42.5 Å². The third-order valence-corrected chi connectivity index (χ3v) is 4.46. The Kier molecular flexibility index (Phi) is 5.75. The summed E-state index contributed by atoms with van der Waals surface area (Å²) >= 11 is 0. The van der Waals surface area contributed by atoms with Crippen LogP contribution >= 0.6 is 0 Å². The minimum absolute atomic E-state index is 0.338. The molecule has 0 fully saturated rings. The van der Waals surface area contributed by atoms with E-state index in [0.29, 0.717) is 43.7 Å². The van der Waals surface area contributed by atoms with Crippen LogP contribution in [0.25, 0.3) is 18.2 Å². The zero-order valence-electron chi connectivity index (χ0n) is 16.7. The third-order valence-electron chi connectivity index (χ3n) is 4.46. The molecule has 30 heavy (non-hydrogen) atoms. The maximum atomic E-state index is 11.9. The number of carbonyl (C=O) groups excluding carboxylic acids is 1. The van der Waals surface area contributed by atoms with Crippen molar-refractivity contribution in [2.24, 2.45) is 0 Å². The normalized spacial score (nSPS) is 14.7. The summed E-state index contributed by atoms with van der Waals surface area (Å²) < 4.78 is 27.8. The van der Waals surface area contributed by atoms with Gasteiger partial charge in [0.15, 0.2) is 23.0 Å². The van der Waals surface area contributed by atoms with Gasteiger partial charge >= 0.3 is 5.97 Å². The number of hydrogen-bond donors (Lipinski definition) is 0. The maximum absolute atomic E-state index is 11.9. The molecule has 0 spiro atoms. The Balaban J connectivity index is 1.66. The lowest BCUT2D eigenvalue weighted by atomic mass is 10.0. The molecule has 0 aliphatic carbocycles. The zero-order chi connectivity index (χ0) is 20.9. The summed E-state index contributed by atoms with van der Waals surface area (Å²) in [7, 11) is 0. The molecule has 2 heterocycles. The van der Waals surface area contributed by atoms with Crippen LogP contribution in [0.1, 0.15) is 23.6 Å². The minimum Gasteiger partial charge on any atom is -0.486 e. The molecule has 0 saturated carbocycles. The van der Waals surface area contributed by atoms with E-state index < -0.39 is 5.97 Å². The summed E-state index contributed by atoms with van der Waals surface area (Å²) in [5.74, 6) is 2.63. The fraction of sp³-hybridized carbons (Fsp3) is 0.208. The summed E-state index contributed by atoms with van der Waals surface area (Å²) in [5, 5.41) is 0. The molecule has 0 saturated heterocycles. The molecule has 2 aromatic carbocycles. The van der Waals surface area contributed by atoms with Crippen molar-refractivity contribution in [3.05, 3.63) is 65.4 Å². The third kappa shape index (κ3) is 4.49. The molecule has 2 aliphatic rings. The standard InChI is InChI=1S/C24H22O6/c1-16(2)30-23(25)10-6-18-5-9-21-24(29-14-13-27-21)19(18)7-3-17-4-8-20-22(15-17)28-12-11-26-20/h3-10,15H,1,11-14H2,2H3/b7-3+,10-6+. The first-order valence-corrected chi connectivity index (χ1v) is 9.66. The van der Waals surface area contributed by atoms with Gasteiger partial charge in [0.05, 0.1) is 5.76 Å². The highest BCUT2D eigenvalue weighted by molar-refractivity contribution is 5.90. The summed E-state index contributed by atoms with van der Waals surface area (Å²) in [6, 6.07) is 9.48. The van der Waals surface area contributed by atoms with E-state index in [-0.39, 0.29) is 0 Å². The first-order chi connectivity index (χ1) is 14.6. The Labute approximate surface area is 175 Å². The molecule has 0 amide bonds. The van der Waals surface area contributed by atoms with Crippen LogP contribution in [-0.4, -0.2) is 32.4 Å². The summed E-state index contributed by atoms with van der Waals surface area (Å²) in [5.41, 5.74) is 2.55. The SMILES string of the molecule is C=C(C)OC(=O)/C=C/c1ccc2c(c1/C=C/c1ccc3c(c1)OCCO3)OCCO2. The van der Waals surface area contributed by atoms with Gasteiger partial charge in [0, 0.05) is 11.6 Å². The minimum atomic E-state index is -0.487. The van der Waals surface area contributed by atoms with Crippen LogP contribution in [0.2, 0.25) is 0 Å². The van der Waals surface area contributed by atoms with Gasteiger partial charge in [0.1, 0.15) is 26.4 Å². The molecule has 4 rings (SSSR count). The van der Waals surface area contributed by atoms with Crippen molar-refractivity contribution in [2.45, 2.75) is 6.92 Å². The molecule has 2 aromatic rings. The van der Waals surface area contributed by atoms with Crippen molar-refractivity contribution in [2.75, 3.05) is 26.4 Å². The molecular weight excluding hydrogens is 384 g/mol. The largest absolute Gasteiger partial charge is 0.486 e. The van der Waals surface area contributed by atoms with Crippen LogP contribution in [0, 0.1) is 0 Å². The summed E-state index contributed by atoms with van der Waals surface area (Å²) in [4.78, 5) is 11.9. The van der Waals surface area contributed by atoms with E-state index in [1.54, 1.807) is 13.0 Å². The number of hydrogen-bond acceptors (Lipinski definition) is 6. The smallest absolute Gasteiger partial charge is 0.335 e. The van der Waals surface area contributed by atoms with Gasteiger partial charge in [-0.2, -0.15) is 0 Å². The van der Waals surface area contributed by atoms with Crippen LogP contribution in [0.5, 0.6) is 23.0 Å². The predicted octanol–water partition coefficient (Wildman–Crippen LogP) is 4.49. The van der Waals surface area contributed by atoms with E-state index in [4.69, 9.17) is 23.7 Å². The van der Waals surface area contributed by atoms with Crippen LogP contribution < -0.4 is 18.9 Å². The number of fused-ring (bicyclic) bond motifs is 2. The van der Waals surface area contributed by atoms with E-state index in [9.17, 15) is 4.79 Å². The average Bonchev–Trinajstić information content (AvgIpc) is 2.75. The van der Waals surface area contributed by atoms with Gasteiger partial charge in [-0.15, -0.1) is 0 Å². The Morgan fingerprint density at radius 2 is 1.60 bits per heavy atom. The number of carbonyl (C=O) groups is 1. The lowest BCUT2D eigenvalue weighted by Crippen LogP contribution is -2.16. The molecule has 154 valence electrons. The van der Waals surface area contributed by atoms with E-state index in [2.05, 4.69) is 6.58 Å². The fourth-order valence-corrected chi connectivity index (χ4v) is 3.18. The number of benzene rings is 2. The van der Waals surface area contributed by atoms with Crippen LogP contribution in [0.3, 0.4) is 0 Å². The molecule has 6 nitrogen and oxygen atoms in total. The van der Waals surface area contributed by atoms with Crippen molar-refractivity contribution < 1.29 is 28.5 Å². The Morgan fingerprint density at radius 1 is 0.900 bits per heavy atom. The second kappa shape index (κ2) is 8.78. The molecule has 0 bridgehead atoms. The molecular formula is C24H22O6. The molecule has 0 N–H and O–H groups in total. The molecule has 6 heteroatoms. The maximum Gasteiger partial charge on any atom is 0.335 e. The van der Waals surface area contributed by atoms with Crippen LogP contribution in [0.15, 0.2) is 48.7 Å². The molecule has 0 radical (unpaired) electrons. The van der Waals surface area contributed by atoms with Gasteiger partial charge in [0.25, 0.3) is 0 Å². The van der Waals surface area contributed by atoms with Crippen molar-refractivity contribution in [1.29, 1.82) is 0 Å². The van der Waals surface area contributed by atoms with Crippen molar-refractivity contribution >= 4 is 24.2 Å². The highest BCUT2D eigenvalue weighted by Crippen LogP contribution is 2.38. The van der Waals surface area contributed by atoms with E-state index in [1.165, 1.54) is 6.08 Å². The van der Waals surface area contributed by atoms with Crippen molar-refractivity contribution in [3.8, 4) is 23.0 Å². The molecule has 0 atom stereocenters. The lowest BCUT2D eigenvalue weighted by molar-refractivity contribution is -0.133. The van der Waals surface area contributed by atoms with E-state index >= 15 is 0 Å². The van der Waals surface area contributed by atoms with E-state index in [0.717, 1.165) is 28.2 Å². The monoisotopic (exact) mass is 406 g/mol. The van der Waals surface area contributed by atoms with Crippen LogP contribution in [-0.2, 0) is 9.53 Å². The molecule has 2 aliphatic heterocycles. The zero-order valence-corrected chi connectivity index (χ0v) is 16.7. The number of ether oxygens (including phenoxy) is 5. The predicted molar refractivity (Wildman–Crippen MR) is 114 cm³/mol. The first kappa shape index (κ1) is 19.6. The van der Waals surface area contributed by atoms with Gasteiger partial charge in [-0.05, 0) is 48.4 Å². The Morgan fingerprint density at radius 3 is 2.40 bits per heavy atom. The highest BCUT2D eigenvalue weighted by atomic mass is 16.6. The second-order valence-corrected chi connectivity index (χ2v) is 6.79.